The minimum Gasteiger partial charge on any atom is -0.481 e. The number of nitrogens with one attached hydrogen (secondary N) is 2. The van der Waals surface area contributed by atoms with Crippen LogP contribution in [0.5, 0.6) is 0 Å². The van der Waals surface area contributed by atoms with Crippen LogP contribution in [-0.2, 0) is 14.3 Å². The summed E-state index contributed by atoms with van der Waals surface area (Å²) in [5, 5.41) is 13.8. The van der Waals surface area contributed by atoms with Gasteiger partial charge in [0.2, 0.25) is 5.91 Å². The first-order valence-corrected chi connectivity index (χ1v) is 11.5. The summed E-state index contributed by atoms with van der Waals surface area (Å²) < 4.78 is 33.7. The van der Waals surface area contributed by atoms with Crippen LogP contribution >= 0.6 is 0 Å². The van der Waals surface area contributed by atoms with Crippen molar-refractivity contribution in [2.45, 2.75) is 32.1 Å². The van der Waals surface area contributed by atoms with Crippen molar-refractivity contribution in [1.82, 2.24) is 10.6 Å². The maximum atomic E-state index is 14.2. The molecule has 3 N–H and O–H groups in total. The van der Waals surface area contributed by atoms with Crippen LogP contribution in [0.15, 0.2) is 48.5 Å². The largest absolute Gasteiger partial charge is 0.481 e. The van der Waals surface area contributed by atoms with Gasteiger partial charge < -0.3 is 20.5 Å². The van der Waals surface area contributed by atoms with Gasteiger partial charge in [0.05, 0.1) is 11.3 Å². The molecule has 0 saturated heterocycles. The lowest BCUT2D eigenvalue weighted by Crippen LogP contribution is -2.34. The standard InChI is InChI=1S/C26H28F2N2O5/c1-25(2,23(32)33)11-12-29-22(31)21-20(26(21,27)28)13-30-24(34)35-14-19-17-9-5-3-7-15(17)16-8-4-6-10-18(16)19/h3-10,19-21H,11-14H2,1-2H3,(H,29,31)(H,30,34)(H,32,33). The summed E-state index contributed by atoms with van der Waals surface area (Å²) in [7, 11) is 0. The van der Waals surface area contributed by atoms with Crippen molar-refractivity contribution in [1.29, 1.82) is 0 Å². The van der Waals surface area contributed by atoms with Gasteiger partial charge in [-0.05, 0) is 42.5 Å². The Labute approximate surface area is 201 Å². The topological polar surface area (TPSA) is 105 Å². The van der Waals surface area contributed by atoms with Crippen LogP contribution in [0.25, 0.3) is 11.1 Å². The molecule has 0 aromatic heterocycles. The number of alkyl carbamates (subject to hydrolysis) is 1. The number of aliphatic carboxylic acids is 1. The number of halogens is 2. The molecule has 2 aliphatic rings. The first-order valence-electron chi connectivity index (χ1n) is 11.5. The Morgan fingerprint density at radius 1 is 1.00 bits per heavy atom. The molecule has 2 aromatic rings. The Morgan fingerprint density at radius 2 is 1.57 bits per heavy atom. The predicted molar refractivity (Wildman–Crippen MR) is 124 cm³/mol. The fourth-order valence-electron chi connectivity index (χ4n) is 4.56. The number of amides is 2. The van der Waals surface area contributed by atoms with E-state index in [2.05, 4.69) is 10.6 Å². The normalized spacial score (nSPS) is 19.9. The molecule has 2 atom stereocenters. The average Bonchev–Trinajstić information content (AvgIpc) is 3.22. The predicted octanol–water partition coefficient (Wildman–Crippen LogP) is 4.02. The maximum absolute atomic E-state index is 14.2. The van der Waals surface area contributed by atoms with Crippen LogP contribution in [0.3, 0.4) is 0 Å². The molecule has 186 valence electrons. The van der Waals surface area contributed by atoms with E-state index in [1.807, 2.05) is 48.5 Å². The van der Waals surface area contributed by atoms with Crippen molar-refractivity contribution in [2.75, 3.05) is 19.7 Å². The Bertz CT molecular complexity index is 1100. The Balaban J connectivity index is 1.26. The molecule has 0 radical (unpaired) electrons. The second kappa shape index (κ2) is 9.28. The minimum atomic E-state index is -3.25. The third kappa shape index (κ3) is 4.85. The number of carbonyl (C=O) groups is 3. The van der Waals surface area contributed by atoms with E-state index in [1.165, 1.54) is 13.8 Å². The van der Waals surface area contributed by atoms with Gasteiger partial charge in [-0.3, -0.25) is 9.59 Å². The average molecular weight is 487 g/mol. The highest BCUT2D eigenvalue weighted by molar-refractivity contribution is 5.84. The molecule has 0 heterocycles. The quantitative estimate of drug-likeness (QED) is 0.497. The van der Waals surface area contributed by atoms with Gasteiger partial charge in [-0.25, -0.2) is 13.6 Å². The maximum Gasteiger partial charge on any atom is 0.407 e. The summed E-state index contributed by atoms with van der Waals surface area (Å²) in [5.74, 6) is -8.18. The first-order chi connectivity index (χ1) is 16.5. The summed E-state index contributed by atoms with van der Waals surface area (Å²) in [5.41, 5.74) is 3.16. The van der Waals surface area contributed by atoms with Crippen LogP contribution in [0.1, 0.15) is 37.3 Å². The van der Waals surface area contributed by atoms with Gasteiger partial charge >= 0.3 is 12.1 Å². The molecule has 1 saturated carbocycles. The van der Waals surface area contributed by atoms with Crippen LogP contribution < -0.4 is 10.6 Å². The van der Waals surface area contributed by atoms with E-state index in [9.17, 15) is 23.2 Å². The summed E-state index contributed by atoms with van der Waals surface area (Å²) in [6.45, 7) is 2.62. The molecule has 2 aliphatic carbocycles. The van der Waals surface area contributed by atoms with Gasteiger partial charge in [0.25, 0.3) is 5.92 Å². The van der Waals surface area contributed by atoms with Crippen molar-refractivity contribution in [3.8, 4) is 11.1 Å². The first kappa shape index (κ1) is 24.6. The molecule has 1 fully saturated rings. The van der Waals surface area contributed by atoms with Gasteiger partial charge in [0, 0.05) is 19.0 Å². The SMILES string of the molecule is CC(C)(CCNC(=O)C1C(CNC(=O)OCC2c3ccccc3-c3ccccc32)C1(F)F)C(=O)O. The van der Waals surface area contributed by atoms with Crippen LogP contribution in [0.4, 0.5) is 13.6 Å². The lowest BCUT2D eigenvalue weighted by Gasteiger charge is -2.18. The molecule has 9 heteroatoms. The third-order valence-corrected chi connectivity index (χ3v) is 6.92. The van der Waals surface area contributed by atoms with E-state index in [0.29, 0.717) is 0 Å². The molecule has 0 aliphatic heterocycles. The third-order valence-electron chi connectivity index (χ3n) is 6.92. The van der Waals surface area contributed by atoms with E-state index in [0.717, 1.165) is 22.3 Å². The van der Waals surface area contributed by atoms with Gasteiger partial charge in [0.1, 0.15) is 12.5 Å². The molecular weight excluding hydrogens is 458 g/mol. The Hall–Kier alpha value is -3.49. The molecule has 0 bridgehead atoms. The summed E-state index contributed by atoms with van der Waals surface area (Å²) >= 11 is 0. The second-order valence-electron chi connectivity index (χ2n) is 9.70. The molecule has 7 nitrogen and oxygen atoms in total. The lowest BCUT2D eigenvalue weighted by molar-refractivity contribution is -0.147. The zero-order valence-electron chi connectivity index (χ0n) is 19.5. The number of carboxylic acids is 1. The van der Waals surface area contributed by atoms with Crippen LogP contribution in [-0.4, -0.2) is 48.7 Å². The number of hydrogen-bond acceptors (Lipinski definition) is 4. The molecule has 35 heavy (non-hydrogen) atoms. The molecule has 2 aromatic carbocycles. The number of rotatable bonds is 9. The number of fused-ring (bicyclic) bond motifs is 3. The van der Waals surface area contributed by atoms with E-state index < -0.39 is 47.7 Å². The van der Waals surface area contributed by atoms with Crippen molar-refractivity contribution in [3.63, 3.8) is 0 Å². The smallest absolute Gasteiger partial charge is 0.407 e. The van der Waals surface area contributed by atoms with E-state index in [-0.39, 0.29) is 25.5 Å². The van der Waals surface area contributed by atoms with Crippen molar-refractivity contribution in [3.05, 3.63) is 59.7 Å². The molecule has 0 spiro atoms. The molecule has 2 amide bonds. The fourth-order valence-corrected chi connectivity index (χ4v) is 4.56. The monoisotopic (exact) mass is 486 g/mol. The van der Waals surface area contributed by atoms with E-state index >= 15 is 0 Å². The van der Waals surface area contributed by atoms with Crippen molar-refractivity contribution >= 4 is 18.0 Å². The summed E-state index contributed by atoms with van der Waals surface area (Å²) in [6.07, 6.45) is -0.716. The minimum absolute atomic E-state index is 0.0305. The number of carbonyl (C=O) groups excluding carboxylic acids is 2. The van der Waals surface area contributed by atoms with Crippen molar-refractivity contribution < 1.29 is 33.0 Å². The Kier molecular flexibility index (Phi) is 6.53. The van der Waals surface area contributed by atoms with Gasteiger partial charge in [0.15, 0.2) is 0 Å². The van der Waals surface area contributed by atoms with Gasteiger partial charge in [-0.15, -0.1) is 0 Å². The van der Waals surface area contributed by atoms with Gasteiger partial charge in [-0.1, -0.05) is 48.5 Å². The zero-order chi connectivity index (χ0) is 25.4. The summed E-state index contributed by atoms with van der Waals surface area (Å²) in [6, 6.07) is 15.7. The van der Waals surface area contributed by atoms with Crippen LogP contribution in [0.2, 0.25) is 0 Å². The van der Waals surface area contributed by atoms with Crippen LogP contribution in [0, 0.1) is 17.3 Å². The number of alkyl halides is 2. The lowest BCUT2D eigenvalue weighted by atomic mass is 9.90. The number of carboxylic acid groups (broad SMARTS) is 1. The zero-order valence-corrected chi connectivity index (χ0v) is 19.5. The highest BCUT2D eigenvalue weighted by atomic mass is 19.3. The Morgan fingerprint density at radius 3 is 2.14 bits per heavy atom. The number of benzene rings is 2. The molecule has 2 unspecified atom stereocenters. The van der Waals surface area contributed by atoms with Crippen molar-refractivity contribution in [2.24, 2.45) is 17.3 Å². The highest BCUT2D eigenvalue weighted by Gasteiger charge is 2.71. The highest BCUT2D eigenvalue weighted by Crippen LogP contribution is 2.55. The second-order valence-corrected chi connectivity index (χ2v) is 9.70. The number of hydrogen-bond donors (Lipinski definition) is 3. The van der Waals surface area contributed by atoms with Gasteiger partial charge in [-0.2, -0.15) is 0 Å². The number of ether oxygens (including phenoxy) is 1. The summed E-state index contributed by atoms with van der Waals surface area (Å²) in [4.78, 5) is 35.6. The van der Waals surface area contributed by atoms with E-state index in [4.69, 9.17) is 9.84 Å². The molecular formula is C26H28F2N2O5. The fraction of sp³-hybridized carbons (Fsp3) is 0.423. The van der Waals surface area contributed by atoms with E-state index in [1.54, 1.807) is 0 Å². The molecule has 4 rings (SSSR count).